The molecule has 1 atom stereocenters. The molecular weight excluding hydrogens is 262 g/mol. The molecule has 0 spiro atoms. The van der Waals surface area contributed by atoms with Crippen LogP contribution in [0.1, 0.15) is 40.5 Å². The van der Waals surface area contributed by atoms with E-state index in [4.69, 9.17) is 5.11 Å². The zero-order chi connectivity index (χ0) is 15.8. The fourth-order valence-electron chi connectivity index (χ4n) is 1.45. The van der Waals surface area contributed by atoms with E-state index in [2.05, 4.69) is 16.0 Å². The number of urea groups is 1. The highest BCUT2D eigenvalue weighted by Crippen LogP contribution is 2.00. The van der Waals surface area contributed by atoms with Gasteiger partial charge in [0, 0.05) is 25.0 Å². The molecule has 116 valence electrons. The first-order valence-corrected chi connectivity index (χ1v) is 6.71. The standard InChI is InChI=1S/C13H25N3O4/c1-5-9(11(18)19)8-15-12(20)14-7-6-10(17)16-13(2,3)4/h9H,5-8H2,1-4H3,(H,16,17)(H,18,19)(H2,14,15,20). The predicted octanol–water partition coefficient (Wildman–Crippen LogP) is 0.701. The van der Waals surface area contributed by atoms with Crippen molar-refractivity contribution in [2.24, 2.45) is 5.92 Å². The smallest absolute Gasteiger partial charge is 0.314 e. The minimum Gasteiger partial charge on any atom is -0.481 e. The molecule has 3 amide bonds. The van der Waals surface area contributed by atoms with Gasteiger partial charge in [-0.05, 0) is 27.2 Å². The highest BCUT2D eigenvalue weighted by molar-refractivity contribution is 5.79. The number of nitrogens with one attached hydrogen (secondary N) is 3. The monoisotopic (exact) mass is 287 g/mol. The lowest BCUT2D eigenvalue weighted by molar-refractivity contribution is -0.141. The Bertz CT molecular complexity index is 350. The number of hydrogen-bond donors (Lipinski definition) is 4. The molecule has 0 radical (unpaired) electrons. The maximum atomic E-state index is 11.5. The zero-order valence-electron chi connectivity index (χ0n) is 12.6. The van der Waals surface area contributed by atoms with E-state index < -0.39 is 17.9 Å². The quantitative estimate of drug-likeness (QED) is 0.553. The third-order valence-corrected chi connectivity index (χ3v) is 2.50. The van der Waals surface area contributed by atoms with Crippen LogP contribution < -0.4 is 16.0 Å². The Morgan fingerprint density at radius 3 is 2.20 bits per heavy atom. The SMILES string of the molecule is CCC(CNC(=O)NCCC(=O)NC(C)(C)C)C(=O)O. The average molecular weight is 287 g/mol. The number of rotatable bonds is 7. The first-order chi connectivity index (χ1) is 9.15. The van der Waals surface area contributed by atoms with Crippen LogP contribution in [0.5, 0.6) is 0 Å². The zero-order valence-corrected chi connectivity index (χ0v) is 12.6. The molecule has 0 bridgehead atoms. The molecule has 4 N–H and O–H groups in total. The molecule has 1 unspecified atom stereocenters. The van der Waals surface area contributed by atoms with Gasteiger partial charge >= 0.3 is 12.0 Å². The fourth-order valence-corrected chi connectivity index (χ4v) is 1.45. The summed E-state index contributed by atoms with van der Waals surface area (Å²) < 4.78 is 0. The maximum absolute atomic E-state index is 11.5. The van der Waals surface area contributed by atoms with Crippen molar-refractivity contribution in [1.29, 1.82) is 0 Å². The van der Waals surface area contributed by atoms with Crippen LogP contribution >= 0.6 is 0 Å². The molecule has 7 heteroatoms. The summed E-state index contributed by atoms with van der Waals surface area (Å²) in [6, 6.07) is -0.465. The lowest BCUT2D eigenvalue weighted by atomic mass is 10.1. The van der Waals surface area contributed by atoms with Crippen LogP contribution in [0.25, 0.3) is 0 Å². The van der Waals surface area contributed by atoms with Crippen molar-refractivity contribution >= 4 is 17.9 Å². The van der Waals surface area contributed by atoms with Crippen LogP contribution in [0, 0.1) is 5.92 Å². The lowest BCUT2D eigenvalue weighted by Gasteiger charge is -2.20. The Morgan fingerprint density at radius 2 is 1.75 bits per heavy atom. The van der Waals surface area contributed by atoms with Gasteiger partial charge in [-0.15, -0.1) is 0 Å². The number of carbonyl (C=O) groups excluding carboxylic acids is 2. The highest BCUT2D eigenvalue weighted by Gasteiger charge is 2.16. The van der Waals surface area contributed by atoms with Gasteiger partial charge in [-0.1, -0.05) is 6.92 Å². The van der Waals surface area contributed by atoms with Gasteiger partial charge in [-0.2, -0.15) is 0 Å². The van der Waals surface area contributed by atoms with E-state index in [-0.39, 0.29) is 31.0 Å². The summed E-state index contributed by atoms with van der Waals surface area (Å²) in [5, 5.41) is 16.6. The second kappa shape index (κ2) is 8.39. The largest absolute Gasteiger partial charge is 0.481 e. The first-order valence-electron chi connectivity index (χ1n) is 6.71. The minimum absolute atomic E-state index is 0.0753. The number of aliphatic carboxylic acids is 1. The van der Waals surface area contributed by atoms with Crippen molar-refractivity contribution in [1.82, 2.24) is 16.0 Å². The first kappa shape index (κ1) is 18.2. The van der Waals surface area contributed by atoms with E-state index in [1.807, 2.05) is 20.8 Å². The summed E-state index contributed by atoms with van der Waals surface area (Å²) in [5.74, 6) is -1.67. The van der Waals surface area contributed by atoms with Crippen molar-refractivity contribution in [2.45, 2.75) is 46.1 Å². The minimum atomic E-state index is -0.933. The van der Waals surface area contributed by atoms with E-state index in [9.17, 15) is 14.4 Å². The van der Waals surface area contributed by atoms with Gasteiger partial charge in [-0.25, -0.2) is 4.79 Å². The lowest BCUT2D eigenvalue weighted by Crippen LogP contribution is -2.44. The Hall–Kier alpha value is -1.79. The molecule has 0 aliphatic rings. The van der Waals surface area contributed by atoms with Crippen LogP contribution in [0.2, 0.25) is 0 Å². The molecule has 0 aliphatic heterocycles. The summed E-state index contributed by atoms with van der Waals surface area (Å²) in [6.07, 6.45) is 0.629. The van der Waals surface area contributed by atoms with Gasteiger partial charge in [0.1, 0.15) is 0 Å². The number of carboxylic acid groups (broad SMARTS) is 1. The van der Waals surface area contributed by atoms with Crippen LogP contribution in [-0.4, -0.2) is 41.6 Å². The van der Waals surface area contributed by atoms with Crippen molar-refractivity contribution in [3.8, 4) is 0 Å². The molecule has 0 aromatic carbocycles. The Morgan fingerprint density at radius 1 is 1.15 bits per heavy atom. The van der Waals surface area contributed by atoms with Gasteiger partial charge in [-0.3, -0.25) is 9.59 Å². The maximum Gasteiger partial charge on any atom is 0.314 e. The molecule has 7 nitrogen and oxygen atoms in total. The van der Waals surface area contributed by atoms with Crippen LogP contribution in [0.15, 0.2) is 0 Å². The number of amides is 3. The van der Waals surface area contributed by atoms with E-state index >= 15 is 0 Å². The van der Waals surface area contributed by atoms with Crippen molar-refractivity contribution < 1.29 is 19.5 Å². The molecule has 20 heavy (non-hydrogen) atoms. The molecule has 0 saturated heterocycles. The fraction of sp³-hybridized carbons (Fsp3) is 0.769. The van der Waals surface area contributed by atoms with E-state index in [0.717, 1.165) is 0 Å². The van der Waals surface area contributed by atoms with Crippen LogP contribution in [0.3, 0.4) is 0 Å². The van der Waals surface area contributed by atoms with Gasteiger partial charge in [0.05, 0.1) is 5.92 Å². The summed E-state index contributed by atoms with van der Waals surface area (Å²) >= 11 is 0. The topological polar surface area (TPSA) is 108 Å². The molecule has 0 saturated carbocycles. The number of carboxylic acids is 1. The molecule has 0 heterocycles. The molecule has 0 aliphatic carbocycles. The molecule has 0 fully saturated rings. The predicted molar refractivity (Wildman–Crippen MR) is 75.3 cm³/mol. The van der Waals surface area contributed by atoms with Crippen LogP contribution in [0.4, 0.5) is 4.79 Å². The highest BCUT2D eigenvalue weighted by atomic mass is 16.4. The van der Waals surface area contributed by atoms with E-state index in [1.165, 1.54) is 0 Å². The van der Waals surface area contributed by atoms with Gasteiger partial charge in [0.2, 0.25) is 5.91 Å². The Kier molecular flexibility index (Phi) is 7.64. The van der Waals surface area contributed by atoms with E-state index in [1.54, 1.807) is 6.92 Å². The van der Waals surface area contributed by atoms with Crippen LogP contribution in [-0.2, 0) is 9.59 Å². The molecule has 0 aromatic heterocycles. The van der Waals surface area contributed by atoms with Gasteiger partial charge < -0.3 is 21.1 Å². The van der Waals surface area contributed by atoms with E-state index in [0.29, 0.717) is 6.42 Å². The summed E-state index contributed by atoms with van der Waals surface area (Å²) in [5.41, 5.74) is -0.296. The third-order valence-electron chi connectivity index (χ3n) is 2.50. The Balaban J connectivity index is 3.84. The third kappa shape index (κ3) is 9.18. The summed E-state index contributed by atoms with van der Waals surface area (Å²) in [4.78, 5) is 33.6. The van der Waals surface area contributed by atoms with Gasteiger partial charge in [0.15, 0.2) is 0 Å². The van der Waals surface area contributed by atoms with Crippen molar-refractivity contribution in [3.05, 3.63) is 0 Å². The molecule has 0 aromatic rings. The molecule has 0 rings (SSSR count). The summed E-state index contributed by atoms with van der Waals surface area (Å²) in [6.45, 7) is 7.66. The van der Waals surface area contributed by atoms with Crippen molar-refractivity contribution in [3.63, 3.8) is 0 Å². The van der Waals surface area contributed by atoms with Crippen molar-refractivity contribution in [2.75, 3.05) is 13.1 Å². The normalized spacial score (nSPS) is 12.4. The number of carbonyl (C=O) groups is 3. The molecular formula is C13H25N3O4. The second-order valence-corrected chi connectivity index (χ2v) is 5.63. The van der Waals surface area contributed by atoms with Gasteiger partial charge in [0.25, 0.3) is 0 Å². The average Bonchev–Trinajstić information content (AvgIpc) is 2.26. The second-order valence-electron chi connectivity index (χ2n) is 5.63. The Labute approximate surface area is 119 Å². The summed E-state index contributed by atoms with van der Waals surface area (Å²) in [7, 11) is 0. The number of hydrogen-bond acceptors (Lipinski definition) is 3.